The Morgan fingerprint density at radius 3 is 2.38 bits per heavy atom. The summed E-state index contributed by atoms with van der Waals surface area (Å²) in [5.41, 5.74) is 5.56. The van der Waals surface area contributed by atoms with Gasteiger partial charge >= 0.3 is 0 Å². The van der Waals surface area contributed by atoms with Gasteiger partial charge in [0.15, 0.2) is 0 Å². The first-order valence-electron chi connectivity index (χ1n) is 4.92. The molecule has 3 nitrogen and oxygen atoms in total. The van der Waals surface area contributed by atoms with E-state index in [2.05, 4.69) is 31.7 Å². The summed E-state index contributed by atoms with van der Waals surface area (Å²) in [6, 6.07) is 2.67. The van der Waals surface area contributed by atoms with E-state index in [9.17, 15) is 0 Å². The molecule has 0 fully saturated rings. The number of nitrogens with zero attached hydrogens (tertiary/aromatic N) is 2. The Kier molecular flexibility index (Phi) is 6.56. The lowest BCUT2D eigenvalue weighted by atomic mass is 10.1. The molecule has 0 bridgehead atoms. The van der Waals surface area contributed by atoms with Crippen LogP contribution >= 0.6 is 0 Å². The maximum atomic E-state index is 8.49. The Labute approximate surface area is 81.5 Å². The second-order valence-corrected chi connectivity index (χ2v) is 3.84. The molecule has 76 valence electrons. The predicted molar refractivity (Wildman–Crippen MR) is 55.2 cm³/mol. The van der Waals surface area contributed by atoms with Crippen molar-refractivity contribution in [2.24, 2.45) is 11.7 Å². The molecule has 0 spiro atoms. The van der Waals surface area contributed by atoms with Crippen molar-refractivity contribution in [1.29, 1.82) is 5.26 Å². The monoisotopic (exact) mass is 183 g/mol. The summed E-state index contributed by atoms with van der Waals surface area (Å²) in [6.45, 7) is 9.02. The molecule has 0 saturated heterocycles. The first-order chi connectivity index (χ1) is 6.11. The van der Waals surface area contributed by atoms with E-state index in [0.717, 1.165) is 19.6 Å². The van der Waals surface area contributed by atoms with Crippen LogP contribution in [0.1, 0.15) is 27.2 Å². The van der Waals surface area contributed by atoms with Crippen LogP contribution in [-0.4, -0.2) is 30.6 Å². The van der Waals surface area contributed by atoms with Crippen LogP contribution in [0.2, 0.25) is 0 Å². The number of nitriles is 1. The molecule has 0 aromatic rings. The fraction of sp³-hybridized carbons (Fsp3) is 0.900. The Hall–Kier alpha value is -0.590. The van der Waals surface area contributed by atoms with Gasteiger partial charge in [-0.1, -0.05) is 6.92 Å². The molecule has 0 radical (unpaired) electrons. The van der Waals surface area contributed by atoms with Crippen molar-refractivity contribution in [3.05, 3.63) is 0 Å². The Morgan fingerprint density at radius 2 is 2.00 bits per heavy atom. The van der Waals surface area contributed by atoms with E-state index >= 15 is 0 Å². The van der Waals surface area contributed by atoms with Crippen LogP contribution in [0.3, 0.4) is 0 Å². The van der Waals surface area contributed by atoms with Crippen molar-refractivity contribution in [1.82, 2.24) is 4.90 Å². The minimum atomic E-state index is 0.502. The molecule has 0 saturated carbocycles. The van der Waals surface area contributed by atoms with E-state index in [0.29, 0.717) is 18.4 Å². The van der Waals surface area contributed by atoms with Crippen LogP contribution in [-0.2, 0) is 0 Å². The second kappa shape index (κ2) is 6.88. The lowest BCUT2D eigenvalue weighted by molar-refractivity contribution is 0.198. The minimum absolute atomic E-state index is 0.502. The summed E-state index contributed by atoms with van der Waals surface area (Å²) in [7, 11) is 0. The van der Waals surface area contributed by atoms with Crippen LogP contribution in [0.25, 0.3) is 0 Å². The van der Waals surface area contributed by atoms with Gasteiger partial charge in [-0.05, 0) is 26.3 Å². The van der Waals surface area contributed by atoms with E-state index in [-0.39, 0.29) is 0 Å². The maximum absolute atomic E-state index is 8.49. The van der Waals surface area contributed by atoms with Gasteiger partial charge in [0.2, 0.25) is 0 Å². The highest BCUT2D eigenvalue weighted by Crippen LogP contribution is 2.04. The molecule has 0 amide bonds. The van der Waals surface area contributed by atoms with Gasteiger partial charge in [-0.25, -0.2) is 0 Å². The second-order valence-electron chi connectivity index (χ2n) is 3.84. The van der Waals surface area contributed by atoms with Gasteiger partial charge < -0.3 is 5.73 Å². The summed E-state index contributed by atoms with van der Waals surface area (Å²) in [6.07, 6.45) is 0.607. The van der Waals surface area contributed by atoms with Crippen LogP contribution in [0.4, 0.5) is 0 Å². The summed E-state index contributed by atoms with van der Waals surface area (Å²) in [5, 5.41) is 8.49. The van der Waals surface area contributed by atoms with Crippen molar-refractivity contribution >= 4 is 0 Å². The molecule has 2 N–H and O–H groups in total. The molecule has 0 aromatic heterocycles. The maximum Gasteiger partial charge on any atom is 0.0635 e. The molecule has 3 heteroatoms. The summed E-state index contributed by atoms with van der Waals surface area (Å²) in [5.74, 6) is 0.515. The van der Waals surface area contributed by atoms with Crippen LogP contribution in [0.15, 0.2) is 0 Å². The van der Waals surface area contributed by atoms with Crippen molar-refractivity contribution < 1.29 is 0 Å². The third kappa shape index (κ3) is 5.62. The Balaban J connectivity index is 3.88. The molecule has 0 aliphatic heterocycles. The lowest BCUT2D eigenvalue weighted by Gasteiger charge is -2.27. The quantitative estimate of drug-likeness (QED) is 0.673. The SMILES string of the molecule is CC(CN)CN(CCC#N)C(C)C. The zero-order valence-corrected chi connectivity index (χ0v) is 8.95. The highest BCUT2D eigenvalue weighted by molar-refractivity contribution is 4.75. The summed E-state index contributed by atoms with van der Waals surface area (Å²) < 4.78 is 0. The van der Waals surface area contributed by atoms with Gasteiger partial charge in [0.1, 0.15) is 0 Å². The predicted octanol–water partition coefficient (Wildman–Crippen LogP) is 1.21. The summed E-state index contributed by atoms with van der Waals surface area (Å²) in [4.78, 5) is 2.31. The molecule has 0 aromatic carbocycles. The van der Waals surface area contributed by atoms with Gasteiger partial charge in [-0.2, -0.15) is 5.26 Å². The number of rotatable bonds is 6. The topological polar surface area (TPSA) is 53.0 Å². The number of hydrogen-bond acceptors (Lipinski definition) is 3. The average molecular weight is 183 g/mol. The summed E-state index contributed by atoms with van der Waals surface area (Å²) >= 11 is 0. The molecule has 1 atom stereocenters. The van der Waals surface area contributed by atoms with Crippen LogP contribution in [0, 0.1) is 17.2 Å². The number of hydrogen-bond donors (Lipinski definition) is 1. The molecule has 13 heavy (non-hydrogen) atoms. The highest BCUT2D eigenvalue weighted by Gasteiger charge is 2.11. The molecule has 0 rings (SSSR count). The van der Waals surface area contributed by atoms with E-state index in [1.165, 1.54) is 0 Å². The third-order valence-corrected chi connectivity index (χ3v) is 2.19. The molecular formula is C10H21N3. The van der Waals surface area contributed by atoms with Gasteiger partial charge in [0.05, 0.1) is 6.07 Å². The smallest absolute Gasteiger partial charge is 0.0635 e. The van der Waals surface area contributed by atoms with Crippen molar-refractivity contribution in [2.45, 2.75) is 33.2 Å². The fourth-order valence-electron chi connectivity index (χ4n) is 1.23. The van der Waals surface area contributed by atoms with E-state index in [1.54, 1.807) is 0 Å². The first kappa shape index (κ1) is 12.4. The van der Waals surface area contributed by atoms with Crippen molar-refractivity contribution in [3.63, 3.8) is 0 Å². The largest absolute Gasteiger partial charge is 0.330 e. The van der Waals surface area contributed by atoms with E-state index in [1.807, 2.05) is 0 Å². The molecule has 0 aliphatic rings. The zero-order chi connectivity index (χ0) is 10.3. The van der Waals surface area contributed by atoms with Crippen molar-refractivity contribution in [2.75, 3.05) is 19.6 Å². The van der Waals surface area contributed by atoms with Gasteiger partial charge in [0, 0.05) is 25.6 Å². The normalized spacial score (nSPS) is 13.3. The van der Waals surface area contributed by atoms with Crippen LogP contribution in [0.5, 0.6) is 0 Å². The lowest BCUT2D eigenvalue weighted by Crippen LogP contribution is -2.37. The molecule has 1 unspecified atom stereocenters. The number of nitrogens with two attached hydrogens (primary N) is 1. The highest BCUT2D eigenvalue weighted by atomic mass is 15.1. The standard InChI is InChI=1S/C10H21N3/c1-9(2)13(6-4-5-11)8-10(3)7-12/h9-10H,4,6-8,12H2,1-3H3. The first-order valence-corrected chi connectivity index (χ1v) is 4.92. The average Bonchev–Trinajstić information content (AvgIpc) is 2.11. The van der Waals surface area contributed by atoms with Gasteiger partial charge in [-0.15, -0.1) is 0 Å². The minimum Gasteiger partial charge on any atom is -0.330 e. The Morgan fingerprint density at radius 1 is 1.38 bits per heavy atom. The zero-order valence-electron chi connectivity index (χ0n) is 8.95. The van der Waals surface area contributed by atoms with Gasteiger partial charge in [0.25, 0.3) is 0 Å². The van der Waals surface area contributed by atoms with Gasteiger partial charge in [-0.3, -0.25) is 4.90 Å². The molecule has 0 heterocycles. The molecule has 0 aliphatic carbocycles. The fourth-order valence-corrected chi connectivity index (χ4v) is 1.23. The Bertz CT molecular complexity index is 160. The van der Waals surface area contributed by atoms with E-state index < -0.39 is 0 Å². The third-order valence-electron chi connectivity index (χ3n) is 2.19. The van der Waals surface area contributed by atoms with Crippen molar-refractivity contribution in [3.8, 4) is 6.07 Å². The van der Waals surface area contributed by atoms with Crippen LogP contribution < -0.4 is 5.73 Å². The van der Waals surface area contributed by atoms with E-state index in [4.69, 9.17) is 11.0 Å². The molecular weight excluding hydrogens is 162 g/mol.